The van der Waals surface area contributed by atoms with Gasteiger partial charge in [-0.1, -0.05) is 24.8 Å². The summed E-state index contributed by atoms with van der Waals surface area (Å²) >= 11 is 5.99. The molecule has 1 atom stereocenters. The van der Waals surface area contributed by atoms with Crippen LogP contribution in [0.15, 0.2) is 29.6 Å². The Balaban J connectivity index is 2.14. The fourth-order valence-corrected chi connectivity index (χ4v) is 2.43. The average Bonchev–Trinajstić information content (AvgIpc) is 2.69. The van der Waals surface area contributed by atoms with Gasteiger partial charge in [-0.2, -0.15) is 12.6 Å². The van der Waals surface area contributed by atoms with E-state index in [0.717, 1.165) is 22.3 Å². The Morgan fingerprint density at radius 3 is 3.13 bits per heavy atom. The van der Waals surface area contributed by atoms with Crippen LogP contribution < -0.4 is 0 Å². The van der Waals surface area contributed by atoms with Gasteiger partial charge in [0, 0.05) is 11.9 Å². The minimum atomic E-state index is 0.592. The van der Waals surface area contributed by atoms with Crippen molar-refractivity contribution in [1.82, 2.24) is 14.6 Å². The molecule has 1 unspecified atom stereocenters. The average molecular weight is 239 g/mol. The van der Waals surface area contributed by atoms with E-state index >= 15 is 0 Å². The first kappa shape index (κ1) is 10.8. The van der Waals surface area contributed by atoms with Crippen LogP contribution in [-0.2, 0) is 0 Å². The van der Waals surface area contributed by atoms with E-state index in [0.29, 0.717) is 5.92 Å². The lowest BCUT2D eigenvalue weighted by atomic mass is 10.3. The molecular formula is C10H13N3S2. The second-order valence-electron chi connectivity index (χ2n) is 3.51. The van der Waals surface area contributed by atoms with Gasteiger partial charge in [-0.05, 0) is 23.8 Å². The molecule has 2 heterocycles. The quantitative estimate of drug-likeness (QED) is 0.656. The Hall–Kier alpha value is -0.680. The van der Waals surface area contributed by atoms with E-state index in [2.05, 4.69) is 29.7 Å². The Kier molecular flexibility index (Phi) is 3.53. The lowest BCUT2D eigenvalue weighted by Gasteiger charge is -2.05. The van der Waals surface area contributed by atoms with Crippen molar-refractivity contribution in [3.8, 4) is 0 Å². The van der Waals surface area contributed by atoms with Gasteiger partial charge in [-0.3, -0.25) is 4.40 Å². The maximum Gasteiger partial charge on any atom is 0.195 e. The fraction of sp³-hybridized carbons (Fsp3) is 0.400. The minimum Gasteiger partial charge on any atom is -0.277 e. The fourth-order valence-electron chi connectivity index (χ4n) is 1.19. The standard InChI is InChI=1S/C10H13N3S2/c1-8(6-14)7-15-10-12-11-9-4-2-3-5-13(9)10/h2-5,8,14H,6-7H2,1H3. The molecule has 2 aromatic heterocycles. The number of aromatic nitrogens is 3. The molecule has 0 aliphatic heterocycles. The molecule has 0 bridgehead atoms. The van der Waals surface area contributed by atoms with Crippen LogP contribution in [0.5, 0.6) is 0 Å². The number of fused-ring (bicyclic) bond motifs is 1. The summed E-state index contributed by atoms with van der Waals surface area (Å²) < 4.78 is 2.01. The molecule has 0 saturated heterocycles. The largest absolute Gasteiger partial charge is 0.277 e. The summed E-state index contributed by atoms with van der Waals surface area (Å²) in [5.41, 5.74) is 0.901. The third kappa shape index (κ3) is 2.46. The number of hydrogen-bond acceptors (Lipinski definition) is 4. The van der Waals surface area contributed by atoms with Crippen molar-refractivity contribution in [3.63, 3.8) is 0 Å². The molecule has 0 radical (unpaired) electrons. The van der Waals surface area contributed by atoms with Crippen LogP contribution in [-0.4, -0.2) is 26.1 Å². The second kappa shape index (κ2) is 4.90. The molecule has 0 aliphatic rings. The molecule has 15 heavy (non-hydrogen) atoms. The van der Waals surface area contributed by atoms with E-state index in [1.165, 1.54) is 0 Å². The number of thioether (sulfide) groups is 1. The highest BCUT2D eigenvalue weighted by molar-refractivity contribution is 7.99. The van der Waals surface area contributed by atoms with Gasteiger partial charge >= 0.3 is 0 Å². The lowest BCUT2D eigenvalue weighted by molar-refractivity contribution is 0.762. The van der Waals surface area contributed by atoms with E-state index in [1.54, 1.807) is 11.8 Å². The number of rotatable bonds is 4. The molecule has 2 aromatic rings. The van der Waals surface area contributed by atoms with E-state index in [1.807, 2.05) is 28.8 Å². The molecule has 0 saturated carbocycles. The predicted molar refractivity (Wildman–Crippen MR) is 66.7 cm³/mol. The zero-order valence-corrected chi connectivity index (χ0v) is 10.2. The Labute approximate surface area is 98.7 Å². The minimum absolute atomic E-state index is 0.592. The summed E-state index contributed by atoms with van der Waals surface area (Å²) in [6.45, 7) is 2.18. The molecule has 0 aliphatic carbocycles. The van der Waals surface area contributed by atoms with Gasteiger partial charge in [0.1, 0.15) is 0 Å². The van der Waals surface area contributed by atoms with Gasteiger partial charge in [-0.25, -0.2) is 0 Å². The third-order valence-electron chi connectivity index (χ3n) is 2.09. The smallest absolute Gasteiger partial charge is 0.195 e. The highest BCUT2D eigenvalue weighted by Gasteiger charge is 2.07. The van der Waals surface area contributed by atoms with Crippen molar-refractivity contribution in [2.24, 2.45) is 5.92 Å². The van der Waals surface area contributed by atoms with Crippen LogP contribution >= 0.6 is 24.4 Å². The molecule has 0 spiro atoms. The predicted octanol–water partition coefficient (Wildman–Crippen LogP) is 2.39. The highest BCUT2D eigenvalue weighted by Crippen LogP contribution is 2.19. The van der Waals surface area contributed by atoms with Crippen molar-refractivity contribution < 1.29 is 0 Å². The maximum atomic E-state index is 4.26. The molecule has 0 fully saturated rings. The van der Waals surface area contributed by atoms with Crippen LogP contribution in [0.3, 0.4) is 0 Å². The first-order valence-electron chi connectivity index (χ1n) is 4.84. The van der Waals surface area contributed by atoms with Gasteiger partial charge in [0.15, 0.2) is 10.8 Å². The first-order chi connectivity index (χ1) is 7.31. The van der Waals surface area contributed by atoms with Crippen LogP contribution in [0.4, 0.5) is 0 Å². The third-order valence-corrected chi connectivity index (χ3v) is 3.99. The molecule has 3 nitrogen and oxygen atoms in total. The summed E-state index contributed by atoms with van der Waals surface area (Å²) in [5.74, 6) is 2.53. The van der Waals surface area contributed by atoms with Gasteiger partial charge < -0.3 is 0 Å². The van der Waals surface area contributed by atoms with E-state index in [-0.39, 0.29) is 0 Å². The van der Waals surface area contributed by atoms with Crippen molar-refractivity contribution in [2.45, 2.75) is 12.1 Å². The summed E-state index contributed by atoms with van der Waals surface area (Å²) in [6.07, 6.45) is 1.99. The van der Waals surface area contributed by atoms with Gasteiger partial charge in [0.25, 0.3) is 0 Å². The number of nitrogens with zero attached hydrogens (tertiary/aromatic N) is 3. The molecule has 80 valence electrons. The summed E-state index contributed by atoms with van der Waals surface area (Å²) in [5, 5.41) is 9.21. The van der Waals surface area contributed by atoms with Gasteiger partial charge in [0.05, 0.1) is 0 Å². The molecule has 5 heteroatoms. The zero-order chi connectivity index (χ0) is 10.7. The molecule has 0 amide bonds. The monoisotopic (exact) mass is 239 g/mol. The van der Waals surface area contributed by atoms with Crippen molar-refractivity contribution >= 4 is 30.0 Å². The van der Waals surface area contributed by atoms with Crippen molar-refractivity contribution in [1.29, 1.82) is 0 Å². The van der Waals surface area contributed by atoms with Crippen molar-refractivity contribution in [3.05, 3.63) is 24.4 Å². The van der Waals surface area contributed by atoms with E-state index in [9.17, 15) is 0 Å². The number of thiol groups is 1. The SMILES string of the molecule is CC(CS)CSc1nnc2ccccn12. The summed E-state index contributed by atoms with van der Waals surface area (Å²) in [6, 6.07) is 5.91. The van der Waals surface area contributed by atoms with Crippen LogP contribution in [0.25, 0.3) is 5.65 Å². The molecular weight excluding hydrogens is 226 g/mol. The number of pyridine rings is 1. The van der Waals surface area contributed by atoms with Crippen LogP contribution in [0.1, 0.15) is 6.92 Å². The van der Waals surface area contributed by atoms with Crippen LogP contribution in [0, 0.1) is 5.92 Å². The van der Waals surface area contributed by atoms with Crippen LogP contribution in [0.2, 0.25) is 0 Å². The van der Waals surface area contributed by atoms with E-state index in [4.69, 9.17) is 0 Å². The lowest BCUT2D eigenvalue weighted by Crippen LogP contribution is -2.00. The summed E-state index contributed by atoms with van der Waals surface area (Å²) in [4.78, 5) is 0. The Bertz CT molecular complexity index is 441. The summed E-state index contributed by atoms with van der Waals surface area (Å²) in [7, 11) is 0. The van der Waals surface area contributed by atoms with E-state index < -0.39 is 0 Å². The molecule has 0 aromatic carbocycles. The molecule has 0 N–H and O–H groups in total. The normalized spacial score (nSPS) is 13.2. The highest BCUT2D eigenvalue weighted by atomic mass is 32.2. The Morgan fingerprint density at radius 1 is 1.47 bits per heavy atom. The molecule has 2 rings (SSSR count). The number of hydrogen-bond donors (Lipinski definition) is 1. The van der Waals surface area contributed by atoms with Gasteiger partial charge in [-0.15, -0.1) is 10.2 Å². The zero-order valence-electron chi connectivity index (χ0n) is 8.50. The first-order valence-corrected chi connectivity index (χ1v) is 6.46. The topological polar surface area (TPSA) is 30.2 Å². The van der Waals surface area contributed by atoms with Crippen molar-refractivity contribution in [2.75, 3.05) is 11.5 Å². The maximum absolute atomic E-state index is 4.26. The Morgan fingerprint density at radius 2 is 2.33 bits per heavy atom. The van der Waals surface area contributed by atoms with Gasteiger partial charge in [0.2, 0.25) is 0 Å². The second-order valence-corrected chi connectivity index (χ2v) is 4.86.